The van der Waals surface area contributed by atoms with E-state index in [0.717, 1.165) is 50.4 Å². The van der Waals surface area contributed by atoms with E-state index in [2.05, 4.69) is 0 Å². The molecule has 6 atom stereocenters. The molecule has 10 bridgehead atoms. The van der Waals surface area contributed by atoms with Gasteiger partial charge in [-0.3, -0.25) is 9.35 Å². The lowest BCUT2D eigenvalue weighted by Crippen LogP contribution is -2.62. The molecule has 37 heavy (non-hydrogen) atoms. The van der Waals surface area contributed by atoms with Crippen molar-refractivity contribution >= 4 is 22.1 Å². The van der Waals surface area contributed by atoms with E-state index in [4.69, 9.17) is 14.0 Å². The van der Waals surface area contributed by atoms with Crippen LogP contribution in [0, 0.1) is 52.3 Å². The zero-order valence-corrected chi connectivity index (χ0v) is 21.8. The fraction of sp³-hybridized carbons (Fsp3) is 0.926. The number of hydrogen-bond donors (Lipinski definition) is 1. The fourth-order valence-electron chi connectivity index (χ4n) is 11.3. The zero-order chi connectivity index (χ0) is 26.0. The smallest absolute Gasteiger partial charge is 0.460 e. The van der Waals surface area contributed by atoms with Crippen molar-refractivity contribution in [1.82, 2.24) is 0 Å². The van der Waals surface area contributed by atoms with E-state index in [9.17, 15) is 26.8 Å². The molecule has 0 aromatic heterocycles. The molecule has 9 saturated carbocycles. The van der Waals surface area contributed by atoms with Crippen LogP contribution in [-0.2, 0) is 29.2 Å². The first-order valence-electron chi connectivity index (χ1n) is 14.1. The Morgan fingerprint density at radius 3 is 2.11 bits per heavy atom. The van der Waals surface area contributed by atoms with Crippen molar-refractivity contribution in [3.63, 3.8) is 0 Å². The van der Waals surface area contributed by atoms with E-state index < -0.39 is 32.4 Å². The molecule has 0 aromatic rings. The van der Waals surface area contributed by atoms with Gasteiger partial charge < -0.3 is 9.47 Å². The highest BCUT2D eigenvalue weighted by molar-refractivity contribution is 7.87. The molecule has 6 unspecified atom stereocenters. The lowest BCUT2D eigenvalue weighted by atomic mass is 9.40. The van der Waals surface area contributed by atoms with Gasteiger partial charge in [0.15, 0.2) is 0 Å². The summed E-state index contributed by atoms with van der Waals surface area (Å²) in [5.74, 6) is 1.66. The Bertz CT molecular complexity index is 1100. The second-order valence-corrected chi connectivity index (χ2v) is 15.6. The molecule has 0 aliphatic heterocycles. The first kappa shape index (κ1) is 24.7. The normalized spacial score (nSPS) is 49.2. The second-order valence-electron chi connectivity index (χ2n) is 14.2. The Balaban J connectivity index is 1.09. The molecule has 9 fully saturated rings. The van der Waals surface area contributed by atoms with Crippen LogP contribution >= 0.6 is 0 Å². The summed E-state index contributed by atoms with van der Waals surface area (Å²) in [5.41, 5.74) is -1.67. The van der Waals surface area contributed by atoms with Gasteiger partial charge in [0.25, 0.3) is 0 Å². The average molecular weight is 543 g/mol. The molecule has 0 spiro atoms. The largest absolute Gasteiger partial charge is 0.465 e. The molecular weight excluding hydrogens is 506 g/mol. The molecule has 0 radical (unpaired) electrons. The predicted octanol–water partition coefficient (Wildman–Crippen LogP) is 4.74. The summed E-state index contributed by atoms with van der Waals surface area (Å²) in [6, 6.07) is 0. The van der Waals surface area contributed by atoms with Crippen molar-refractivity contribution in [2.45, 2.75) is 94.3 Å². The third-order valence-corrected chi connectivity index (χ3v) is 12.7. The van der Waals surface area contributed by atoms with Crippen molar-refractivity contribution in [2.75, 3.05) is 6.61 Å². The van der Waals surface area contributed by atoms with Gasteiger partial charge in [0.05, 0.1) is 12.0 Å². The van der Waals surface area contributed by atoms with Crippen LogP contribution in [-0.4, -0.2) is 42.4 Å². The van der Waals surface area contributed by atoms with E-state index in [-0.39, 0.29) is 29.8 Å². The van der Waals surface area contributed by atoms with Crippen LogP contribution in [0.15, 0.2) is 0 Å². The van der Waals surface area contributed by atoms with E-state index >= 15 is 0 Å². The van der Waals surface area contributed by atoms with E-state index in [1.165, 1.54) is 25.7 Å². The summed E-state index contributed by atoms with van der Waals surface area (Å²) in [6.45, 7) is -0.357. The minimum absolute atomic E-state index is 0.0586. The molecule has 206 valence electrons. The fourth-order valence-corrected chi connectivity index (χ4v) is 11.6. The molecule has 1 N–H and O–H groups in total. The maximum Gasteiger partial charge on any atom is 0.465 e. The van der Waals surface area contributed by atoms with Crippen molar-refractivity contribution in [3.8, 4) is 0 Å². The van der Waals surface area contributed by atoms with Gasteiger partial charge in [0.2, 0.25) is 0 Å². The number of alkyl halides is 2. The van der Waals surface area contributed by atoms with Crippen molar-refractivity contribution in [3.05, 3.63) is 0 Å². The number of carbonyl (C=O) groups is 2. The third kappa shape index (κ3) is 3.59. The minimum Gasteiger partial charge on any atom is -0.460 e. The van der Waals surface area contributed by atoms with Gasteiger partial charge in [0.1, 0.15) is 5.60 Å². The van der Waals surface area contributed by atoms with E-state index in [0.29, 0.717) is 37.0 Å². The van der Waals surface area contributed by atoms with Crippen LogP contribution in [0.5, 0.6) is 0 Å². The van der Waals surface area contributed by atoms with Crippen LogP contribution < -0.4 is 0 Å². The summed E-state index contributed by atoms with van der Waals surface area (Å²) in [6.07, 6.45) is 12.3. The molecule has 9 rings (SSSR count). The van der Waals surface area contributed by atoms with Gasteiger partial charge in [-0.05, 0) is 118 Å². The monoisotopic (exact) mass is 542 g/mol. The minimum atomic E-state index is -5.91. The Morgan fingerprint density at radius 1 is 0.892 bits per heavy atom. The summed E-state index contributed by atoms with van der Waals surface area (Å²) in [4.78, 5) is 25.9. The standard InChI is InChI=1S/C27H36F2O7S/c28-27(29,37(32,33)34)23(31)35-14-24-6-15-4-16(7-24)9-26(8-15,13-24)36-22(30)25-10-17-5-18(11-25)20-3-1-2-19(17)21(20)12-25/h15-21H,1-14H2,(H,32,33,34). The third-order valence-electron chi connectivity index (χ3n) is 11.9. The second kappa shape index (κ2) is 7.67. The molecule has 0 amide bonds. The van der Waals surface area contributed by atoms with Gasteiger partial charge in [-0.15, -0.1) is 0 Å². The van der Waals surface area contributed by atoms with Crippen molar-refractivity contribution in [1.29, 1.82) is 0 Å². The number of ether oxygens (including phenoxy) is 2. The molecule has 9 aliphatic rings. The molecule has 9 aliphatic carbocycles. The van der Waals surface area contributed by atoms with Crippen molar-refractivity contribution in [2.24, 2.45) is 52.3 Å². The SMILES string of the molecule is O=C(OC12CC3CC(CC(COC(=O)C(F)(F)S(=O)(=O)O)(C3)C1)C2)C12CC3CC(C1)C1CCCC3C1C2. The zero-order valence-electron chi connectivity index (χ0n) is 21.0. The molecule has 0 heterocycles. The highest BCUT2D eigenvalue weighted by atomic mass is 32.2. The van der Waals surface area contributed by atoms with Crippen LogP contribution in [0.25, 0.3) is 0 Å². The van der Waals surface area contributed by atoms with Gasteiger partial charge in [0, 0.05) is 5.41 Å². The highest BCUT2D eigenvalue weighted by Crippen LogP contribution is 2.69. The summed E-state index contributed by atoms with van der Waals surface area (Å²) in [5, 5.41) is -5.00. The molecular formula is C27H36F2O7S. The van der Waals surface area contributed by atoms with Crippen LogP contribution in [0.2, 0.25) is 0 Å². The first-order chi connectivity index (χ1) is 17.3. The van der Waals surface area contributed by atoms with Crippen LogP contribution in [0.3, 0.4) is 0 Å². The number of rotatable bonds is 6. The van der Waals surface area contributed by atoms with Gasteiger partial charge >= 0.3 is 27.3 Å². The molecule has 10 heteroatoms. The summed E-state index contributed by atoms with van der Waals surface area (Å²) < 4.78 is 69.7. The average Bonchev–Trinajstić information content (AvgIpc) is 2.79. The maximum atomic E-state index is 14.0. The summed E-state index contributed by atoms with van der Waals surface area (Å²) in [7, 11) is -5.91. The molecule has 7 nitrogen and oxygen atoms in total. The van der Waals surface area contributed by atoms with Crippen LogP contribution in [0.4, 0.5) is 8.78 Å². The van der Waals surface area contributed by atoms with Gasteiger partial charge in [-0.1, -0.05) is 6.42 Å². The number of hydrogen-bond acceptors (Lipinski definition) is 6. The number of halogens is 2. The van der Waals surface area contributed by atoms with E-state index in [1.807, 2.05) is 0 Å². The Labute approximate surface area is 216 Å². The topological polar surface area (TPSA) is 107 Å². The van der Waals surface area contributed by atoms with Gasteiger partial charge in [-0.25, -0.2) is 4.79 Å². The van der Waals surface area contributed by atoms with E-state index in [1.54, 1.807) is 0 Å². The number of esters is 2. The van der Waals surface area contributed by atoms with Crippen LogP contribution in [0.1, 0.15) is 83.5 Å². The lowest BCUT2D eigenvalue weighted by Gasteiger charge is -2.65. The summed E-state index contributed by atoms with van der Waals surface area (Å²) >= 11 is 0. The maximum absolute atomic E-state index is 14.0. The quantitative estimate of drug-likeness (QED) is 0.381. The Kier molecular flexibility index (Phi) is 5.13. The lowest BCUT2D eigenvalue weighted by molar-refractivity contribution is -0.233. The Hall–Kier alpha value is -1.29. The Morgan fingerprint density at radius 2 is 1.51 bits per heavy atom. The van der Waals surface area contributed by atoms with Gasteiger partial charge in [-0.2, -0.15) is 17.2 Å². The highest BCUT2D eigenvalue weighted by Gasteiger charge is 2.66. The first-order valence-corrected chi connectivity index (χ1v) is 15.5. The number of carbonyl (C=O) groups excluding carboxylic acids is 2. The van der Waals surface area contributed by atoms with Crippen molar-refractivity contribution < 1.29 is 40.8 Å². The molecule has 0 saturated heterocycles. The predicted molar refractivity (Wildman–Crippen MR) is 126 cm³/mol. The molecule has 0 aromatic carbocycles.